The average Bonchev–Trinajstić information content (AvgIpc) is 3.65. The topological polar surface area (TPSA) is 6.48 Å². The Morgan fingerprint density at radius 1 is 0.411 bits per heavy atom. The summed E-state index contributed by atoms with van der Waals surface area (Å²) < 4.78 is 0. The second-order valence-corrected chi connectivity index (χ2v) is 24.1. The molecule has 0 atom stereocenters. The van der Waals surface area contributed by atoms with Crippen LogP contribution < -0.4 is 9.80 Å². The molecule has 0 aromatic heterocycles. The maximum absolute atomic E-state index is 2.69. The van der Waals surface area contributed by atoms with Crippen LogP contribution in [0.5, 0.6) is 0 Å². The molecule has 5 saturated carbocycles. The van der Waals surface area contributed by atoms with Crippen molar-refractivity contribution in [2.75, 3.05) is 9.80 Å². The first-order valence-corrected chi connectivity index (χ1v) is 28.3. The van der Waals surface area contributed by atoms with Crippen LogP contribution in [0.1, 0.15) is 135 Å². The molecule has 0 unspecified atom stereocenters. The summed E-state index contributed by atoms with van der Waals surface area (Å²) in [6, 6.07) is 71.3. The zero-order valence-electron chi connectivity index (χ0n) is 43.1. The smallest absolute Gasteiger partial charge is 0.0543 e. The van der Waals surface area contributed by atoms with Crippen molar-refractivity contribution >= 4 is 34.1 Å². The van der Waals surface area contributed by atoms with Gasteiger partial charge in [0.2, 0.25) is 0 Å². The second kappa shape index (κ2) is 18.1. The van der Waals surface area contributed by atoms with Gasteiger partial charge in [0.25, 0.3) is 0 Å². The third kappa shape index (κ3) is 7.98. The molecule has 10 aliphatic carbocycles. The molecule has 5 fully saturated rings. The molecule has 8 aromatic rings. The summed E-state index contributed by atoms with van der Waals surface area (Å²) in [6.45, 7) is 4.87. The maximum Gasteiger partial charge on any atom is 0.0543 e. The zero-order chi connectivity index (χ0) is 48.7. The molecule has 2 heteroatoms. The Balaban J connectivity index is 0.893. The highest BCUT2D eigenvalue weighted by molar-refractivity contribution is 5.95. The molecule has 0 spiro atoms. The highest BCUT2D eigenvalue weighted by atomic mass is 15.2. The van der Waals surface area contributed by atoms with E-state index in [1.54, 1.807) is 5.56 Å². The van der Waals surface area contributed by atoms with E-state index in [1.165, 1.54) is 166 Å². The fraction of sp³-hybridized carbons (Fsp3) is 0.324. The summed E-state index contributed by atoms with van der Waals surface area (Å²) in [4.78, 5) is 5.23. The van der Waals surface area contributed by atoms with E-state index in [4.69, 9.17) is 0 Å². The van der Waals surface area contributed by atoms with Gasteiger partial charge in [-0.1, -0.05) is 154 Å². The van der Waals surface area contributed by atoms with Crippen LogP contribution in [0.3, 0.4) is 0 Å². The molecule has 8 bridgehead atoms. The Labute approximate surface area is 435 Å². The second-order valence-electron chi connectivity index (χ2n) is 24.1. The number of benzene rings is 8. The lowest BCUT2D eigenvalue weighted by Crippen LogP contribution is -2.48. The lowest BCUT2D eigenvalue weighted by atomic mass is 9.48. The van der Waals surface area contributed by atoms with E-state index < -0.39 is 0 Å². The van der Waals surface area contributed by atoms with Crippen molar-refractivity contribution in [3.63, 3.8) is 0 Å². The van der Waals surface area contributed by atoms with Gasteiger partial charge in [0.1, 0.15) is 0 Å². The minimum absolute atomic E-state index is 0.139. The Bertz CT molecular complexity index is 3280. The molecule has 18 rings (SSSR count). The molecule has 73 heavy (non-hydrogen) atoms. The van der Waals surface area contributed by atoms with Gasteiger partial charge in [-0.3, -0.25) is 0 Å². The Morgan fingerprint density at radius 2 is 0.959 bits per heavy atom. The first kappa shape index (κ1) is 45.0. The van der Waals surface area contributed by atoms with Gasteiger partial charge in [0.05, 0.1) is 5.69 Å². The highest BCUT2D eigenvalue weighted by Gasteiger charge is 2.51. The van der Waals surface area contributed by atoms with E-state index in [0.29, 0.717) is 11.3 Å². The number of rotatable bonds is 9. The lowest BCUT2D eigenvalue weighted by Gasteiger charge is -2.57. The molecular formula is C71H70N2. The number of hydrogen-bond acceptors (Lipinski definition) is 2. The molecule has 8 aromatic carbocycles. The van der Waals surface area contributed by atoms with E-state index in [0.717, 1.165) is 43.4 Å². The van der Waals surface area contributed by atoms with E-state index in [-0.39, 0.29) is 5.41 Å². The molecule has 10 aliphatic rings. The van der Waals surface area contributed by atoms with Crippen LogP contribution in [0.2, 0.25) is 0 Å². The molecule has 0 N–H and O–H groups in total. The van der Waals surface area contributed by atoms with Crippen LogP contribution in [-0.2, 0) is 36.5 Å². The Morgan fingerprint density at radius 3 is 1.60 bits per heavy atom. The average molecular weight is 951 g/mol. The van der Waals surface area contributed by atoms with Gasteiger partial charge in [-0.25, -0.2) is 0 Å². The van der Waals surface area contributed by atoms with Gasteiger partial charge in [-0.05, 0) is 228 Å². The van der Waals surface area contributed by atoms with Crippen molar-refractivity contribution in [2.24, 2.45) is 17.8 Å². The number of hydrogen-bond donors (Lipinski definition) is 0. The fourth-order valence-electron chi connectivity index (χ4n) is 15.9. The Hall–Kier alpha value is -6.64. The number of fused-ring (bicyclic) bond motifs is 3. The molecule has 0 radical (unpaired) electrons. The third-order valence-electron chi connectivity index (χ3n) is 19.2. The number of nitrogens with zero attached hydrogens (tertiary/aromatic N) is 2. The summed E-state index contributed by atoms with van der Waals surface area (Å²) in [5.41, 5.74) is 24.5. The highest BCUT2D eigenvalue weighted by Crippen LogP contribution is 2.61. The van der Waals surface area contributed by atoms with Crippen molar-refractivity contribution in [1.29, 1.82) is 0 Å². The van der Waals surface area contributed by atoms with Crippen molar-refractivity contribution in [3.8, 4) is 22.3 Å². The molecule has 2 nitrogen and oxygen atoms in total. The van der Waals surface area contributed by atoms with E-state index in [1.807, 2.05) is 0 Å². The van der Waals surface area contributed by atoms with E-state index in [2.05, 4.69) is 206 Å². The third-order valence-corrected chi connectivity index (χ3v) is 19.2. The predicted molar refractivity (Wildman–Crippen MR) is 306 cm³/mol. The van der Waals surface area contributed by atoms with E-state index >= 15 is 0 Å². The maximum atomic E-state index is 2.69. The van der Waals surface area contributed by atoms with Crippen LogP contribution >= 0.6 is 0 Å². The zero-order valence-corrected chi connectivity index (χ0v) is 43.1. The number of aryl methyl sites for hydroxylation is 4. The Kier molecular flexibility index (Phi) is 11.1. The first-order valence-electron chi connectivity index (χ1n) is 28.3. The predicted octanol–water partition coefficient (Wildman–Crippen LogP) is 19.0. The van der Waals surface area contributed by atoms with Gasteiger partial charge in [-0.2, -0.15) is 0 Å². The molecule has 0 heterocycles. The standard InChI is InChI=1S/C71H70N2/c1-70(2)65-21-13-12-20-62(65)64-43-63(55-16-8-4-9-17-55)69(44-66(64)70)73(61-36-32-58(33-37-61)71-45-50-38-51(46-71)40-52(39-50)47-71)68-42-49-23-27-56-26-22-48(24-28-57(68)29-25-49)41-67(56)72(59-18-10-5-11-19-59)60-34-30-54(31-35-60)53-14-6-3-7-15-53/h4-5,8-13,16-22,25-26,29-37,41-44,50-53H,3,6-7,14-15,23-24,27-28,38-40,45-47H2,1-2H3. The van der Waals surface area contributed by atoms with Crippen molar-refractivity contribution in [3.05, 3.63) is 226 Å². The summed E-state index contributed by atoms with van der Waals surface area (Å²) in [5.74, 6) is 3.43. The van der Waals surface area contributed by atoms with Gasteiger partial charge in [-0.15, -0.1) is 0 Å². The normalized spacial score (nSPS) is 22.4. The SMILES string of the molecule is CC1(C)c2ccccc2-c2cc(-c3ccccc3)c(N(c3ccc(C45CC6CC(CC(C6)C4)C5)cc3)c3cc4ccc3CCc3ccc(c(N(c5ccccc5)c5ccc(C6CCCCC6)cc5)c3)CC4)cc21. The number of anilines is 6. The van der Waals surface area contributed by atoms with Gasteiger partial charge >= 0.3 is 0 Å². The minimum atomic E-state index is -0.139. The van der Waals surface area contributed by atoms with Crippen LogP contribution in [-0.4, -0.2) is 0 Å². The van der Waals surface area contributed by atoms with Crippen LogP contribution in [0.4, 0.5) is 34.1 Å². The van der Waals surface area contributed by atoms with Crippen molar-refractivity contribution in [1.82, 2.24) is 0 Å². The monoisotopic (exact) mass is 951 g/mol. The quantitative estimate of drug-likeness (QED) is 0.142. The largest absolute Gasteiger partial charge is 0.310 e. The molecule has 0 saturated heterocycles. The molecular weight excluding hydrogens is 881 g/mol. The van der Waals surface area contributed by atoms with Crippen molar-refractivity contribution in [2.45, 2.75) is 127 Å². The lowest BCUT2D eigenvalue weighted by molar-refractivity contribution is -0.00518. The van der Waals surface area contributed by atoms with Crippen LogP contribution in [0.25, 0.3) is 22.3 Å². The van der Waals surface area contributed by atoms with Crippen LogP contribution in [0.15, 0.2) is 182 Å². The summed E-state index contributed by atoms with van der Waals surface area (Å²) >= 11 is 0. The van der Waals surface area contributed by atoms with Crippen LogP contribution in [0, 0.1) is 17.8 Å². The van der Waals surface area contributed by atoms with Crippen molar-refractivity contribution < 1.29 is 0 Å². The molecule has 0 aliphatic heterocycles. The molecule has 0 amide bonds. The number of para-hydroxylation sites is 1. The summed E-state index contributed by atoms with van der Waals surface area (Å²) in [6.07, 6.45) is 19.0. The fourth-order valence-corrected chi connectivity index (χ4v) is 15.9. The summed E-state index contributed by atoms with van der Waals surface area (Å²) in [5, 5.41) is 0. The van der Waals surface area contributed by atoms with Gasteiger partial charge in [0, 0.05) is 39.4 Å². The van der Waals surface area contributed by atoms with Gasteiger partial charge < -0.3 is 9.80 Å². The van der Waals surface area contributed by atoms with Gasteiger partial charge in [0.15, 0.2) is 0 Å². The van der Waals surface area contributed by atoms with E-state index in [9.17, 15) is 0 Å². The summed E-state index contributed by atoms with van der Waals surface area (Å²) in [7, 11) is 0. The molecule has 364 valence electrons. The first-order chi connectivity index (χ1) is 35.8. The minimum Gasteiger partial charge on any atom is -0.310 e.